The van der Waals surface area contributed by atoms with Crippen molar-refractivity contribution in [1.82, 2.24) is 0 Å². The highest BCUT2D eigenvalue weighted by atomic mass is 32.2. The van der Waals surface area contributed by atoms with E-state index in [1.807, 2.05) is 6.26 Å². The Morgan fingerprint density at radius 3 is 2.82 bits per heavy atom. The fourth-order valence-corrected chi connectivity index (χ4v) is 1.69. The largest absolute Gasteiger partial charge is 0.478 e. The zero-order valence-electron chi connectivity index (χ0n) is 9.87. The summed E-state index contributed by atoms with van der Waals surface area (Å²) in [5.74, 6) is -1.95. The predicted octanol–water partition coefficient (Wildman–Crippen LogP) is 3.08. The minimum absolute atomic E-state index is 0.298. The summed E-state index contributed by atoms with van der Waals surface area (Å²) >= 11 is 1.78. The third-order valence-electron chi connectivity index (χ3n) is 2.48. The number of carbonyl (C=O) groups is 1. The molecular weight excluding hydrogens is 241 g/mol. The topological polar surface area (TPSA) is 49.3 Å². The highest BCUT2D eigenvalue weighted by Gasteiger charge is 2.10. The monoisotopic (exact) mass is 257 g/mol. The van der Waals surface area contributed by atoms with Crippen LogP contribution in [-0.4, -0.2) is 29.1 Å². The zero-order valence-corrected chi connectivity index (χ0v) is 10.7. The van der Waals surface area contributed by atoms with Gasteiger partial charge in [0.05, 0.1) is 5.56 Å². The summed E-state index contributed by atoms with van der Waals surface area (Å²) in [6.07, 6.45) is 3.02. The molecule has 1 atom stereocenters. The Morgan fingerprint density at radius 1 is 1.59 bits per heavy atom. The molecular formula is C12H16FNO2S. The number of carboxylic acids is 1. The molecule has 17 heavy (non-hydrogen) atoms. The molecule has 0 fully saturated rings. The lowest BCUT2D eigenvalue weighted by Crippen LogP contribution is -2.08. The van der Waals surface area contributed by atoms with Gasteiger partial charge >= 0.3 is 5.97 Å². The maximum atomic E-state index is 13.3. The minimum atomic E-state index is -1.25. The SMILES string of the molecule is CSC(C)CCNc1ccc(C(=O)O)c(F)c1. The van der Waals surface area contributed by atoms with Gasteiger partial charge in [0.1, 0.15) is 5.82 Å². The van der Waals surface area contributed by atoms with Crippen LogP contribution >= 0.6 is 11.8 Å². The van der Waals surface area contributed by atoms with Crippen molar-refractivity contribution in [2.45, 2.75) is 18.6 Å². The summed E-state index contributed by atoms with van der Waals surface area (Å²) in [4.78, 5) is 10.6. The van der Waals surface area contributed by atoms with Gasteiger partial charge in [0.25, 0.3) is 0 Å². The van der Waals surface area contributed by atoms with E-state index >= 15 is 0 Å². The van der Waals surface area contributed by atoms with Crippen LogP contribution in [0.4, 0.5) is 10.1 Å². The van der Waals surface area contributed by atoms with E-state index in [1.165, 1.54) is 12.1 Å². The second kappa shape index (κ2) is 6.49. The average molecular weight is 257 g/mol. The van der Waals surface area contributed by atoms with Gasteiger partial charge in [-0.05, 0) is 30.9 Å². The van der Waals surface area contributed by atoms with E-state index in [9.17, 15) is 9.18 Å². The summed E-state index contributed by atoms with van der Waals surface area (Å²) in [5.41, 5.74) is 0.314. The molecule has 94 valence electrons. The summed E-state index contributed by atoms with van der Waals surface area (Å²) < 4.78 is 13.3. The first-order valence-corrected chi connectivity index (χ1v) is 6.63. The molecule has 0 bridgehead atoms. The van der Waals surface area contributed by atoms with Gasteiger partial charge in [-0.2, -0.15) is 11.8 Å². The number of thioether (sulfide) groups is 1. The maximum Gasteiger partial charge on any atom is 0.338 e. The minimum Gasteiger partial charge on any atom is -0.478 e. The van der Waals surface area contributed by atoms with Gasteiger partial charge < -0.3 is 10.4 Å². The van der Waals surface area contributed by atoms with Crippen LogP contribution in [0.5, 0.6) is 0 Å². The molecule has 0 heterocycles. The lowest BCUT2D eigenvalue weighted by Gasteiger charge is -2.10. The molecule has 0 aliphatic carbocycles. The van der Waals surface area contributed by atoms with Crippen LogP contribution < -0.4 is 5.32 Å². The molecule has 0 spiro atoms. The van der Waals surface area contributed by atoms with Crippen molar-refractivity contribution >= 4 is 23.4 Å². The first-order valence-electron chi connectivity index (χ1n) is 5.34. The third-order valence-corrected chi connectivity index (χ3v) is 3.52. The molecule has 1 rings (SSSR count). The number of hydrogen-bond acceptors (Lipinski definition) is 3. The number of aromatic carboxylic acids is 1. The van der Waals surface area contributed by atoms with E-state index in [1.54, 1.807) is 17.8 Å². The van der Waals surface area contributed by atoms with E-state index in [0.29, 0.717) is 10.9 Å². The van der Waals surface area contributed by atoms with Gasteiger partial charge in [-0.15, -0.1) is 0 Å². The van der Waals surface area contributed by atoms with Gasteiger partial charge in [0.2, 0.25) is 0 Å². The molecule has 3 nitrogen and oxygen atoms in total. The molecule has 2 N–H and O–H groups in total. The van der Waals surface area contributed by atoms with Crippen molar-refractivity contribution in [3.05, 3.63) is 29.6 Å². The zero-order chi connectivity index (χ0) is 12.8. The molecule has 0 amide bonds. The van der Waals surface area contributed by atoms with Crippen LogP contribution in [0.3, 0.4) is 0 Å². The van der Waals surface area contributed by atoms with Crippen molar-refractivity contribution in [1.29, 1.82) is 0 Å². The first kappa shape index (κ1) is 13.8. The van der Waals surface area contributed by atoms with E-state index in [0.717, 1.165) is 13.0 Å². The van der Waals surface area contributed by atoms with Crippen LogP contribution in [0.25, 0.3) is 0 Å². The summed E-state index contributed by atoms with van der Waals surface area (Å²) in [6.45, 7) is 2.87. The molecule has 0 saturated heterocycles. The highest BCUT2D eigenvalue weighted by molar-refractivity contribution is 7.99. The molecule has 5 heteroatoms. The number of halogens is 1. The van der Waals surface area contributed by atoms with Crippen molar-refractivity contribution in [3.8, 4) is 0 Å². The Hall–Kier alpha value is -1.23. The first-order chi connectivity index (χ1) is 8.04. The summed E-state index contributed by atoms with van der Waals surface area (Å²) in [5, 5.41) is 12.3. The Balaban J connectivity index is 2.56. The Kier molecular flexibility index (Phi) is 5.28. The number of benzene rings is 1. The van der Waals surface area contributed by atoms with Crippen LogP contribution in [-0.2, 0) is 0 Å². The Morgan fingerprint density at radius 2 is 2.29 bits per heavy atom. The third kappa shape index (κ3) is 4.26. The van der Waals surface area contributed by atoms with Gasteiger partial charge in [0.15, 0.2) is 0 Å². The Labute approximate surface area is 104 Å². The molecule has 1 aromatic carbocycles. The van der Waals surface area contributed by atoms with Gasteiger partial charge in [0, 0.05) is 17.5 Å². The van der Waals surface area contributed by atoms with E-state index in [-0.39, 0.29) is 5.56 Å². The van der Waals surface area contributed by atoms with E-state index in [4.69, 9.17) is 5.11 Å². The molecule has 0 radical (unpaired) electrons. The predicted molar refractivity (Wildman–Crippen MR) is 69.4 cm³/mol. The van der Waals surface area contributed by atoms with Crippen molar-refractivity contribution < 1.29 is 14.3 Å². The Bertz CT molecular complexity index is 398. The second-order valence-electron chi connectivity index (χ2n) is 3.76. The molecule has 1 aromatic rings. The molecule has 0 aromatic heterocycles. The number of nitrogens with one attached hydrogen (secondary N) is 1. The number of rotatable bonds is 6. The number of hydrogen-bond donors (Lipinski definition) is 2. The van der Waals surface area contributed by atoms with Gasteiger partial charge in [-0.1, -0.05) is 6.92 Å². The smallest absolute Gasteiger partial charge is 0.338 e. The highest BCUT2D eigenvalue weighted by Crippen LogP contribution is 2.15. The fourth-order valence-electron chi connectivity index (χ4n) is 1.34. The normalized spacial score (nSPS) is 12.2. The second-order valence-corrected chi connectivity index (χ2v) is 5.04. The quantitative estimate of drug-likeness (QED) is 0.822. The van der Waals surface area contributed by atoms with Crippen molar-refractivity contribution in [3.63, 3.8) is 0 Å². The van der Waals surface area contributed by atoms with Crippen LogP contribution in [0.2, 0.25) is 0 Å². The summed E-state index contributed by atoms with van der Waals surface area (Å²) in [6, 6.07) is 4.07. The van der Waals surface area contributed by atoms with Crippen LogP contribution in [0.15, 0.2) is 18.2 Å². The van der Waals surface area contributed by atoms with E-state index in [2.05, 4.69) is 12.2 Å². The van der Waals surface area contributed by atoms with Crippen LogP contribution in [0.1, 0.15) is 23.7 Å². The van der Waals surface area contributed by atoms with Crippen molar-refractivity contribution in [2.24, 2.45) is 0 Å². The van der Waals surface area contributed by atoms with Crippen LogP contribution in [0, 0.1) is 5.82 Å². The fraction of sp³-hybridized carbons (Fsp3) is 0.417. The lowest BCUT2D eigenvalue weighted by molar-refractivity contribution is 0.0692. The van der Waals surface area contributed by atoms with Crippen molar-refractivity contribution in [2.75, 3.05) is 18.1 Å². The average Bonchev–Trinajstić information content (AvgIpc) is 2.28. The molecule has 1 unspecified atom stereocenters. The van der Waals surface area contributed by atoms with Gasteiger partial charge in [-0.25, -0.2) is 9.18 Å². The molecule has 0 aliphatic heterocycles. The standard InChI is InChI=1S/C12H16FNO2S/c1-8(17-2)5-6-14-9-3-4-10(12(15)16)11(13)7-9/h3-4,7-8,14H,5-6H2,1-2H3,(H,15,16). The lowest BCUT2D eigenvalue weighted by atomic mass is 10.2. The number of carboxylic acid groups (broad SMARTS) is 1. The molecule has 0 saturated carbocycles. The summed E-state index contributed by atoms with van der Waals surface area (Å²) in [7, 11) is 0. The van der Waals surface area contributed by atoms with Gasteiger partial charge in [-0.3, -0.25) is 0 Å². The maximum absolute atomic E-state index is 13.3. The molecule has 0 aliphatic rings. The van der Waals surface area contributed by atoms with E-state index < -0.39 is 11.8 Å². The number of anilines is 1.